The minimum atomic E-state index is 0.716. The van der Waals surface area contributed by atoms with Crippen LogP contribution in [-0.4, -0.2) is 9.97 Å². The van der Waals surface area contributed by atoms with Crippen molar-refractivity contribution in [3.8, 4) is 11.1 Å². The maximum atomic E-state index is 4.45. The largest absolute Gasteiger partial charge is 0.365 e. The topological polar surface area (TPSA) is 52.0 Å². The molecule has 3 aromatic heterocycles. The molecule has 5 heteroatoms. The number of aromatic nitrogens is 3. The van der Waals surface area contributed by atoms with Crippen molar-refractivity contribution in [2.45, 2.75) is 6.54 Å². The van der Waals surface area contributed by atoms with Crippen LogP contribution in [-0.2, 0) is 6.54 Å². The number of nitrogens with one attached hydrogen (secondary N) is 2. The van der Waals surface area contributed by atoms with Crippen molar-refractivity contribution in [2.75, 3.05) is 5.32 Å². The van der Waals surface area contributed by atoms with E-state index >= 15 is 0 Å². The summed E-state index contributed by atoms with van der Waals surface area (Å²) in [6, 6.07) is 14.4. The van der Waals surface area contributed by atoms with Gasteiger partial charge in [-0.3, -0.25) is 0 Å². The van der Waals surface area contributed by atoms with Gasteiger partial charge in [-0.2, -0.15) is 0 Å². The van der Waals surface area contributed by atoms with Crippen molar-refractivity contribution in [3.05, 3.63) is 72.1 Å². The molecule has 0 aliphatic heterocycles. The first-order valence-electron chi connectivity index (χ1n) is 7.38. The first kappa shape index (κ1) is 13.8. The van der Waals surface area contributed by atoms with Crippen LogP contribution < -0.4 is 10.3 Å². The molecule has 0 saturated heterocycles. The van der Waals surface area contributed by atoms with E-state index in [1.807, 2.05) is 24.5 Å². The molecule has 0 aliphatic rings. The highest BCUT2D eigenvalue weighted by Crippen LogP contribution is 2.36. The van der Waals surface area contributed by atoms with E-state index in [1.165, 1.54) is 16.7 Å². The van der Waals surface area contributed by atoms with Gasteiger partial charge < -0.3 is 5.32 Å². The highest BCUT2D eigenvalue weighted by Gasteiger charge is 2.12. The Morgan fingerprint density at radius 1 is 1.04 bits per heavy atom. The molecule has 0 saturated carbocycles. The van der Waals surface area contributed by atoms with Gasteiger partial charge in [0.05, 0.1) is 5.39 Å². The first-order chi connectivity index (χ1) is 11.4. The monoisotopic (exact) mass is 319 g/mol. The van der Waals surface area contributed by atoms with Gasteiger partial charge in [0.15, 0.2) is 12.4 Å². The molecule has 0 aliphatic carbocycles. The second-order valence-corrected chi connectivity index (χ2v) is 6.04. The molecule has 0 bridgehead atoms. The minimum absolute atomic E-state index is 0.716. The van der Waals surface area contributed by atoms with Crippen LogP contribution in [0.2, 0.25) is 0 Å². The fourth-order valence-corrected chi connectivity index (χ4v) is 3.48. The van der Waals surface area contributed by atoms with E-state index < -0.39 is 0 Å². The van der Waals surface area contributed by atoms with Gasteiger partial charge in [-0.05, 0) is 11.6 Å². The molecular weight excluding hydrogens is 304 g/mol. The molecule has 0 fully saturated rings. The fourth-order valence-electron chi connectivity index (χ4n) is 2.57. The van der Waals surface area contributed by atoms with Gasteiger partial charge >= 0.3 is 0 Å². The Morgan fingerprint density at radius 2 is 1.96 bits per heavy atom. The quantitative estimate of drug-likeness (QED) is 0.623. The number of pyridine rings is 1. The molecule has 0 radical (unpaired) electrons. The zero-order chi connectivity index (χ0) is 15.5. The minimum Gasteiger partial charge on any atom is -0.365 e. The van der Waals surface area contributed by atoms with Crippen molar-refractivity contribution in [1.29, 1.82) is 0 Å². The number of thiophene rings is 1. The SMILES string of the molecule is c1ccc(-c2csc3ncnc(NCc4ccc[nH+]c4)c23)cc1. The molecule has 0 unspecified atom stereocenters. The number of benzene rings is 1. The number of hydrogen-bond donors (Lipinski definition) is 1. The summed E-state index contributed by atoms with van der Waals surface area (Å²) in [5, 5.41) is 6.67. The summed E-state index contributed by atoms with van der Waals surface area (Å²) < 4.78 is 0. The molecule has 3 heterocycles. The molecule has 112 valence electrons. The lowest BCUT2D eigenvalue weighted by Crippen LogP contribution is -2.06. The van der Waals surface area contributed by atoms with Crippen LogP contribution >= 0.6 is 11.3 Å². The second kappa shape index (κ2) is 6.14. The van der Waals surface area contributed by atoms with Crippen LogP contribution in [0.5, 0.6) is 0 Å². The fraction of sp³-hybridized carbons (Fsp3) is 0.0556. The normalized spacial score (nSPS) is 10.8. The Labute approximate surface area is 137 Å². The summed E-state index contributed by atoms with van der Waals surface area (Å²) in [4.78, 5) is 13.0. The van der Waals surface area contributed by atoms with Gasteiger partial charge in [-0.1, -0.05) is 30.3 Å². The highest BCUT2D eigenvalue weighted by atomic mass is 32.1. The van der Waals surface area contributed by atoms with Gasteiger partial charge in [-0.25, -0.2) is 15.0 Å². The van der Waals surface area contributed by atoms with Crippen molar-refractivity contribution < 1.29 is 4.98 Å². The van der Waals surface area contributed by atoms with E-state index in [9.17, 15) is 0 Å². The summed E-state index contributed by atoms with van der Waals surface area (Å²) in [6.07, 6.45) is 5.50. The molecule has 2 N–H and O–H groups in total. The Hall–Kier alpha value is -2.79. The van der Waals surface area contributed by atoms with Crippen molar-refractivity contribution in [1.82, 2.24) is 9.97 Å². The molecular formula is C18H15N4S+. The number of fused-ring (bicyclic) bond motifs is 1. The van der Waals surface area contributed by atoms with E-state index in [2.05, 4.69) is 56.0 Å². The van der Waals surface area contributed by atoms with Crippen LogP contribution in [0.1, 0.15) is 5.56 Å². The van der Waals surface area contributed by atoms with E-state index in [-0.39, 0.29) is 0 Å². The van der Waals surface area contributed by atoms with Gasteiger partial charge in [-0.15, -0.1) is 11.3 Å². The number of nitrogens with zero attached hydrogens (tertiary/aromatic N) is 2. The van der Waals surface area contributed by atoms with E-state index in [1.54, 1.807) is 17.7 Å². The van der Waals surface area contributed by atoms with Crippen molar-refractivity contribution >= 4 is 27.4 Å². The number of rotatable bonds is 4. The molecule has 4 aromatic rings. The van der Waals surface area contributed by atoms with Crippen LogP contribution in [0.25, 0.3) is 21.3 Å². The zero-order valence-corrected chi connectivity index (χ0v) is 13.2. The molecule has 0 spiro atoms. The lowest BCUT2D eigenvalue weighted by atomic mass is 10.1. The van der Waals surface area contributed by atoms with Crippen LogP contribution in [0.4, 0.5) is 5.82 Å². The Bertz CT molecular complexity index is 920. The van der Waals surface area contributed by atoms with Crippen LogP contribution in [0.15, 0.2) is 66.6 Å². The second-order valence-electron chi connectivity index (χ2n) is 5.18. The summed E-state index contributed by atoms with van der Waals surface area (Å²) >= 11 is 1.65. The Morgan fingerprint density at radius 3 is 2.78 bits per heavy atom. The van der Waals surface area contributed by atoms with Gasteiger partial charge in [0.1, 0.15) is 17.0 Å². The average molecular weight is 319 g/mol. The number of aromatic amines is 1. The first-order valence-corrected chi connectivity index (χ1v) is 8.26. The number of H-pyrrole nitrogens is 1. The van der Waals surface area contributed by atoms with Gasteiger partial charge in [0, 0.05) is 29.1 Å². The summed E-state index contributed by atoms with van der Waals surface area (Å²) in [6.45, 7) is 0.716. The summed E-state index contributed by atoms with van der Waals surface area (Å²) in [5.74, 6) is 0.874. The lowest BCUT2D eigenvalue weighted by Gasteiger charge is -2.07. The maximum Gasteiger partial charge on any atom is 0.171 e. The Kier molecular flexibility index (Phi) is 3.70. The molecule has 4 nitrogen and oxygen atoms in total. The van der Waals surface area contributed by atoms with Crippen LogP contribution in [0, 0.1) is 0 Å². The third-order valence-electron chi connectivity index (χ3n) is 3.69. The van der Waals surface area contributed by atoms with Crippen molar-refractivity contribution in [2.24, 2.45) is 0 Å². The average Bonchev–Trinajstić information content (AvgIpc) is 3.06. The molecule has 23 heavy (non-hydrogen) atoms. The standard InChI is InChI=1S/C18H14N4S/c1-2-6-14(7-3-1)15-11-23-18-16(15)17(21-12-22-18)20-10-13-5-4-8-19-9-13/h1-9,11-12H,10H2,(H,20,21,22)/p+1. The Balaban J connectivity index is 1.73. The van der Waals surface area contributed by atoms with Crippen LogP contribution in [0.3, 0.4) is 0 Å². The highest BCUT2D eigenvalue weighted by molar-refractivity contribution is 7.17. The van der Waals surface area contributed by atoms with E-state index in [4.69, 9.17) is 0 Å². The lowest BCUT2D eigenvalue weighted by molar-refractivity contribution is -0.378. The third kappa shape index (κ3) is 2.78. The number of anilines is 1. The smallest absolute Gasteiger partial charge is 0.171 e. The van der Waals surface area contributed by atoms with Gasteiger partial charge in [0.25, 0.3) is 0 Å². The predicted molar refractivity (Wildman–Crippen MR) is 93.2 cm³/mol. The van der Waals surface area contributed by atoms with Gasteiger partial charge in [0.2, 0.25) is 0 Å². The summed E-state index contributed by atoms with van der Waals surface area (Å²) in [7, 11) is 0. The molecule has 0 amide bonds. The van der Waals surface area contributed by atoms with E-state index in [0.29, 0.717) is 6.54 Å². The predicted octanol–water partition coefficient (Wildman–Crippen LogP) is 3.78. The molecule has 0 atom stereocenters. The van der Waals surface area contributed by atoms with Crippen molar-refractivity contribution in [3.63, 3.8) is 0 Å². The molecule has 4 rings (SSSR count). The summed E-state index contributed by atoms with van der Waals surface area (Å²) in [5.41, 5.74) is 3.54. The molecule has 1 aromatic carbocycles. The van der Waals surface area contributed by atoms with E-state index in [0.717, 1.165) is 16.0 Å². The maximum absolute atomic E-state index is 4.45. The number of hydrogen-bond acceptors (Lipinski definition) is 4. The zero-order valence-electron chi connectivity index (χ0n) is 12.4. The third-order valence-corrected chi connectivity index (χ3v) is 4.57.